The zero-order valence-electron chi connectivity index (χ0n) is 16.4. The Morgan fingerprint density at radius 3 is 2.37 bits per heavy atom. The fourth-order valence-electron chi connectivity index (χ4n) is 3.86. The van der Waals surface area contributed by atoms with Crippen LogP contribution in [0, 0.1) is 5.82 Å². The predicted molar refractivity (Wildman–Crippen MR) is 119 cm³/mol. The van der Waals surface area contributed by atoms with Crippen molar-refractivity contribution in [2.24, 2.45) is 0 Å². The van der Waals surface area contributed by atoms with E-state index in [2.05, 4.69) is 5.32 Å². The molecule has 1 aliphatic rings. The van der Waals surface area contributed by atoms with Crippen molar-refractivity contribution >= 4 is 40.2 Å². The second kappa shape index (κ2) is 9.53. The zero-order valence-corrected chi connectivity index (χ0v) is 18.1. The van der Waals surface area contributed by atoms with Crippen molar-refractivity contribution in [1.82, 2.24) is 5.32 Å². The molecule has 2 amide bonds. The topological polar surface area (TPSA) is 49.4 Å². The molecule has 3 aromatic rings. The van der Waals surface area contributed by atoms with E-state index in [4.69, 9.17) is 0 Å². The van der Waals surface area contributed by atoms with Crippen molar-refractivity contribution in [2.75, 3.05) is 4.90 Å². The van der Waals surface area contributed by atoms with Crippen molar-refractivity contribution in [2.45, 2.75) is 44.2 Å². The lowest BCUT2D eigenvalue weighted by Crippen LogP contribution is -2.46. The third-order valence-corrected chi connectivity index (χ3v) is 7.10. The van der Waals surface area contributed by atoms with E-state index in [9.17, 15) is 14.0 Å². The van der Waals surface area contributed by atoms with Gasteiger partial charge in [0, 0.05) is 21.5 Å². The molecule has 1 unspecified atom stereocenters. The number of carbonyl (C=O) groups is 2. The van der Waals surface area contributed by atoms with Crippen LogP contribution in [0.5, 0.6) is 0 Å². The molecule has 0 spiro atoms. The second-order valence-corrected chi connectivity index (χ2v) is 9.42. The first-order chi connectivity index (χ1) is 14.6. The summed E-state index contributed by atoms with van der Waals surface area (Å²) < 4.78 is 13.6. The van der Waals surface area contributed by atoms with Gasteiger partial charge in [0.05, 0.1) is 6.42 Å². The van der Waals surface area contributed by atoms with Crippen LogP contribution in [0.2, 0.25) is 0 Å². The smallest absolute Gasteiger partial charge is 0.248 e. The molecular weight excluding hydrogens is 419 g/mol. The van der Waals surface area contributed by atoms with E-state index in [1.54, 1.807) is 12.1 Å². The standard InChI is InChI=1S/C23H23FN2O2S2/c24-16-9-11-18(12-10-16)26(21(27)15-19-7-3-13-29-19)22(20-8-4-14-30-20)23(28)25-17-5-1-2-6-17/h3-4,7-14,17,22H,1-2,5-6,15H2,(H,25,28). The van der Waals surface area contributed by atoms with Crippen LogP contribution in [-0.2, 0) is 16.0 Å². The van der Waals surface area contributed by atoms with Gasteiger partial charge < -0.3 is 5.32 Å². The molecule has 4 nitrogen and oxygen atoms in total. The van der Waals surface area contributed by atoms with Crippen LogP contribution >= 0.6 is 22.7 Å². The minimum Gasteiger partial charge on any atom is -0.351 e. The van der Waals surface area contributed by atoms with Gasteiger partial charge in [-0.15, -0.1) is 22.7 Å². The minimum atomic E-state index is -0.788. The Kier molecular flexibility index (Phi) is 6.59. The molecule has 156 valence electrons. The second-order valence-electron chi connectivity index (χ2n) is 7.40. The van der Waals surface area contributed by atoms with Gasteiger partial charge in [-0.2, -0.15) is 0 Å². The largest absolute Gasteiger partial charge is 0.351 e. The molecule has 2 aromatic heterocycles. The first-order valence-corrected chi connectivity index (χ1v) is 11.8. The molecule has 2 heterocycles. The first-order valence-electron chi connectivity index (χ1n) is 10.1. The molecule has 0 aliphatic heterocycles. The molecule has 1 saturated carbocycles. The van der Waals surface area contributed by atoms with Gasteiger partial charge in [-0.1, -0.05) is 25.0 Å². The minimum absolute atomic E-state index is 0.141. The van der Waals surface area contributed by atoms with Crippen molar-refractivity contribution in [1.29, 1.82) is 0 Å². The summed E-state index contributed by atoms with van der Waals surface area (Å²) in [5.41, 5.74) is 0.512. The van der Waals surface area contributed by atoms with Gasteiger partial charge in [-0.3, -0.25) is 14.5 Å². The molecule has 1 aliphatic carbocycles. The molecule has 1 fully saturated rings. The number of rotatable bonds is 7. The molecule has 30 heavy (non-hydrogen) atoms. The molecule has 1 atom stereocenters. The fraction of sp³-hybridized carbons (Fsp3) is 0.304. The molecule has 4 rings (SSSR count). The normalized spacial score (nSPS) is 15.1. The van der Waals surface area contributed by atoms with Gasteiger partial charge in [0.25, 0.3) is 0 Å². The Morgan fingerprint density at radius 1 is 1.03 bits per heavy atom. The Labute approximate surface area is 183 Å². The summed E-state index contributed by atoms with van der Waals surface area (Å²) in [5.74, 6) is -0.760. The number of hydrogen-bond acceptors (Lipinski definition) is 4. The molecule has 0 bridgehead atoms. The number of halogens is 1. The van der Waals surface area contributed by atoms with Crippen LogP contribution in [0.4, 0.5) is 10.1 Å². The average molecular weight is 443 g/mol. The van der Waals surface area contributed by atoms with E-state index < -0.39 is 6.04 Å². The van der Waals surface area contributed by atoms with Crippen molar-refractivity contribution in [3.63, 3.8) is 0 Å². The summed E-state index contributed by atoms with van der Waals surface area (Å²) >= 11 is 2.95. The Morgan fingerprint density at radius 2 is 1.73 bits per heavy atom. The highest BCUT2D eigenvalue weighted by Crippen LogP contribution is 2.32. The molecule has 7 heteroatoms. The van der Waals surface area contributed by atoms with E-state index in [1.165, 1.54) is 39.7 Å². The summed E-state index contributed by atoms with van der Waals surface area (Å²) in [7, 11) is 0. The zero-order chi connectivity index (χ0) is 20.9. The van der Waals surface area contributed by atoms with Crippen LogP contribution < -0.4 is 10.2 Å². The number of benzene rings is 1. The Hall–Kier alpha value is -2.51. The third kappa shape index (κ3) is 4.79. The SMILES string of the molecule is O=C(NC1CCCC1)C(c1cccs1)N(C(=O)Cc1cccs1)c1ccc(F)cc1. The number of carbonyl (C=O) groups excluding carboxylic acids is 2. The number of hydrogen-bond donors (Lipinski definition) is 1. The third-order valence-electron chi connectivity index (χ3n) is 5.30. The van der Waals surface area contributed by atoms with Crippen LogP contribution in [-0.4, -0.2) is 17.9 Å². The van der Waals surface area contributed by atoms with E-state index >= 15 is 0 Å². The van der Waals surface area contributed by atoms with Crippen molar-refractivity contribution < 1.29 is 14.0 Å². The highest BCUT2D eigenvalue weighted by atomic mass is 32.1. The van der Waals surface area contributed by atoms with Crippen LogP contribution in [0.15, 0.2) is 59.3 Å². The summed E-state index contributed by atoms with van der Waals surface area (Å²) in [6.45, 7) is 0. The molecular formula is C23H23FN2O2S2. The highest BCUT2D eigenvalue weighted by Gasteiger charge is 2.35. The summed E-state index contributed by atoms with van der Waals surface area (Å²) in [6, 6.07) is 12.7. The maximum absolute atomic E-state index is 13.6. The summed E-state index contributed by atoms with van der Waals surface area (Å²) in [4.78, 5) is 30.1. The lowest BCUT2D eigenvalue weighted by Gasteiger charge is -2.31. The maximum atomic E-state index is 13.6. The summed E-state index contributed by atoms with van der Waals surface area (Å²) in [6.07, 6.45) is 4.32. The van der Waals surface area contributed by atoms with Crippen LogP contribution in [0.3, 0.4) is 0 Å². The van der Waals surface area contributed by atoms with E-state index in [0.717, 1.165) is 35.4 Å². The van der Waals surface area contributed by atoms with Gasteiger partial charge in [0.2, 0.25) is 11.8 Å². The fourth-order valence-corrected chi connectivity index (χ4v) is 5.37. The van der Waals surface area contributed by atoms with Crippen molar-refractivity contribution in [3.05, 3.63) is 74.9 Å². The molecule has 1 N–H and O–H groups in total. The van der Waals surface area contributed by atoms with Crippen molar-refractivity contribution in [3.8, 4) is 0 Å². The van der Waals surface area contributed by atoms with E-state index in [1.807, 2.05) is 35.0 Å². The quantitative estimate of drug-likeness (QED) is 0.538. The Balaban J connectivity index is 1.70. The number of nitrogens with one attached hydrogen (secondary N) is 1. The lowest BCUT2D eigenvalue weighted by atomic mass is 10.1. The van der Waals surface area contributed by atoms with Gasteiger partial charge in [-0.05, 0) is 60.0 Å². The maximum Gasteiger partial charge on any atom is 0.248 e. The van der Waals surface area contributed by atoms with Gasteiger partial charge in [0.15, 0.2) is 0 Å². The monoisotopic (exact) mass is 442 g/mol. The van der Waals surface area contributed by atoms with Gasteiger partial charge >= 0.3 is 0 Å². The number of thiophene rings is 2. The van der Waals surface area contributed by atoms with Gasteiger partial charge in [-0.25, -0.2) is 4.39 Å². The average Bonchev–Trinajstić information content (AvgIpc) is 3.50. The van der Waals surface area contributed by atoms with Gasteiger partial charge in [0.1, 0.15) is 11.9 Å². The predicted octanol–water partition coefficient (Wildman–Crippen LogP) is 5.32. The number of anilines is 1. The highest BCUT2D eigenvalue weighted by molar-refractivity contribution is 7.10. The molecule has 0 radical (unpaired) electrons. The molecule has 1 aromatic carbocycles. The Bertz CT molecular complexity index is 965. The lowest BCUT2D eigenvalue weighted by molar-refractivity contribution is -0.126. The molecule has 0 saturated heterocycles. The number of amides is 2. The first kappa shape index (κ1) is 20.8. The summed E-state index contributed by atoms with van der Waals surface area (Å²) in [5, 5.41) is 6.97. The number of nitrogens with zero attached hydrogens (tertiary/aromatic N) is 1. The van der Waals surface area contributed by atoms with Crippen LogP contribution in [0.25, 0.3) is 0 Å². The van der Waals surface area contributed by atoms with E-state index in [-0.39, 0.29) is 30.1 Å². The van der Waals surface area contributed by atoms with Crippen LogP contribution in [0.1, 0.15) is 41.5 Å². The van der Waals surface area contributed by atoms with E-state index in [0.29, 0.717) is 5.69 Å².